The third-order valence-electron chi connectivity index (χ3n) is 5.37. The van der Waals surface area contributed by atoms with Crippen LogP contribution in [0, 0.1) is 0 Å². The first-order valence-electron chi connectivity index (χ1n) is 13.0. The molecule has 13 nitrogen and oxygen atoms in total. The maximum absolute atomic E-state index is 12.7. The molecule has 0 saturated heterocycles. The Hall–Kier alpha value is -2.89. The van der Waals surface area contributed by atoms with Crippen LogP contribution in [-0.2, 0) is 19.2 Å². The average molecular weight is 512 g/mol. The molecule has 0 aliphatic carbocycles. The molecule has 1 atom stereocenters. The number of carbonyl (C=O) groups excluding carboxylic acids is 4. The first-order chi connectivity index (χ1) is 17.4. The Labute approximate surface area is 213 Å². The van der Waals surface area contributed by atoms with Crippen molar-refractivity contribution >= 4 is 23.6 Å². The number of azide groups is 1. The number of rotatable bonds is 23. The average Bonchev–Trinajstić information content (AvgIpc) is 2.87. The second kappa shape index (κ2) is 23.8. The van der Waals surface area contributed by atoms with Crippen molar-refractivity contribution in [2.45, 2.75) is 83.1 Å². The highest BCUT2D eigenvalue weighted by molar-refractivity contribution is 5.91. The van der Waals surface area contributed by atoms with Crippen LogP contribution in [0.5, 0.6) is 0 Å². The van der Waals surface area contributed by atoms with E-state index >= 15 is 0 Å². The van der Waals surface area contributed by atoms with Gasteiger partial charge in [0.15, 0.2) is 0 Å². The van der Waals surface area contributed by atoms with Gasteiger partial charge in [-0.15, -0.1) is 0 Å². The lowest BCUT2D eigenvalue weighted by atomic mass is 10.1. The summed E-state index contributed by atoms with van der Waals surface area (Å²) in [5.41, 5.74) is 19.2. The zero-order valence-electron chi connectivity index (χ0n) is 21.4. The van der Waals surface area contributed by atoms with Crippen molar-refractivity contribution in [1.82, 2.24) is 21.3 Å². The Kier molecular flexibility index (Phi) is 21.9. The molecule has 0 aromatic carbocycles. The number of carbonyl (C=O) groups is 4. The minimum atomic E-state index is -0.962. The van der Waals surface area contributed by atoms with Gasteiger partial charge in [0, 0.05) is 37.4 Å². The van der Waals surface area contributed by atoms with Crippen LogP contribution in [-0.4, -0.2) is 68.9 Å². The number of nitrogens with zero attached hydrogens (tertiary/aromatic N) is 3. The summed E-state index contributed by atoms with van der Waals surface area (Å²) in [5, 5.41) is 14.1. The van der Waals surface area contributed by atoms with Gasteiger partial charge < -0.3 is 32.7 Å². The van der Waals surface area contributed by atoms with Crippen molar-refractivity contribution < 1.29 is 19.2 Å². The van der Waals surface area contributed by atoms with E-state index in [0.717, 1.165) is 51.4 Å². The maximum atomic E-state index is 12.7. The van der Waals surface area contributed by atoms with Gasteiger partial charge in [-0.25, -0.2) is 0 Å². The Morgan fingerprint density at radius 1 is 0.722 bits per heavy atom. The molecule has 0 rings (SSSR count). The first kappa shape index (κ1) is 33.1. The van der Waals surface area contributed by atoms with Crippen LogP contribution < -0.4 is 32.7 Å². The molecule has 0 unspecified atom stereocenters. The van der Waals surface area contributed by atoms with E-state index in [2.05, 4.69) is 31.3 Å². The van der Waals surface area contributed by atoms with Crippen molar-refractivity contribution in [3.63, 3.8) is 0 Å². The predicted molar refractivity (Wildman–Crippen MR) is 138 cm³/mol. The fraction of sp³-hybridized carbons (Fsp3) is 0.826. The van der Waals surface area contributed by atoms with Gasteiger partial charge in [-0.1, -0.05) is 30.8 Å². The zero-order chi connectivity index (χ0) is 26.9. The summed E-state index contributed by atoms with van der Waals surface area (Å²) in [6.45, 7) is 2.31. The number of hydrogen-bond donors (Lipinski definition) is 6. The quantitative estimate of drug-likeness (QED) is 0.0502. The Balaban J connectivity index is 4.55. The molecule has 13 heteroatoms. The van der Waals surface area contributed by atoms with Crippen molar-refractivity contribution in [2.75, 3.05) is 39.3 Å². The SMILES string of the molecule is [N-]=[N+]=NCCCC(=O)N[C@H](CCC(=O)NCCCCCCN)C(=O)NCC(=O)NCCCCCCN. The van der Waals surface area contributed by atoms with Gasteiger partial charge in [-0.3, -0.25) is 19.2 Å². The molecule has 0 saturated carbocycles. The molecule has 0 aromatic heterocycles. The van der Waals surface area contributed by atoms with E-state index in [1.165, 1.54) is 0 Å². The van der Waals surface area contributed by atoms with E-state index in [1.807, 2.05) is 0 Å². The van der Waals surface area contributed by atoms with Crippen molar-refractivity contribution in [3.05, 3.63) is 10.4 Å². The number of unbranched alkanes of at least 4 members (excludes halogenated alkanes) is 6. The van der Waals surface area contributed by atoms with E-state index in [4.69, 9.17) is 17.0 Å². The largest absolute Gasteiger partial charge is 0.356 e. The molecule has 0 aliphatic heterocycles. The molecule has 0 aromatic rings. The van der Waals surface area contributed by atoms with E-state index < -0.39 is 17.9 Å². The molecule has 0 spiro atoms. The van der Waals surface area contributed by atoms with Crippen LogP contribution in [0.3, 0.4) is 0 Å². The number of amides is 4. The van der Waals surface area contributed by atoms with Crippen LogP contribution in [0.25, 0.3) is 10.4 Å². The smallest absolute Gasteiger partial charge is 0.243 e. The molecule has 0 fully saturated rings. The summed E-state index contributed by atoms with van der Waals surface area (Å²) >= 11 is 0. The second-order valence-corrected chi connectivity index (χ2v) is 8.54. The van der Waals surface area contributed by atoms with Gasteiger partial charge in [0.05, 0.1) is 6.54 Å². The zero-order valence-corrected chi connectivity index (χ0v) is 21.4. The monoisotopic (exact) mass is 511 g/mol. The molecule has 206 valence electrons. The summed E-state index contributed by atoms with van der Waals surface area (Å²) in [5.74, 6) is -1.47. The molecular formula is C23H45N9O4. The van der Waals surface area contributed by atoms with Gasteiger partial charge in [0.1, 0.15) is 6.04 Å². The number of nitrogens with two attached hydrogens (primary N) is 2. The highest BCUT2D eigenvalue weighted by atomic mass is 16.2. The molecule has 4 amide bonds. The van der Waals surface area contributed by atoms with E-state index in [9.17, 15) is 19.2 Å². The van der Waals surface area contributed by atoms with Crippen molar-refractivity contribution in [1.29, 1.82) is 0 Å². The second-order valence-electron chi connectivity index (χ2n) is 8.54. The Morgan fingerprint density at radius 3 is 1.89 bits per heavy atom. The maximum Gasteiger partial charge on any atom is 0.243 e. The molecule has 0 aliphatic rings. The molecule has 0 bridgehead atoms. The first-order valence-corrected chi connectivity index (χ1v) is 13.0. The minimum Gasteiger partial charge on any atom is -0.356 e. The highest BCUT2D eigenvalue weighted by Crippen LogP contribution is 2.02. The van der Waals surface area contributed by atoms with Gasteiger partial charge in [-0.05, 0) is 57.1 Å². The normalized spacial score (nSPS) is 11.2. The predicted octanol–water partition coefficient (Wildman–Crippen LogP) is 0.729. The summed E-state index contributed by atoms with van der Waals surface area (Å²) < 4.78 is 0. The van der Waals surface area contributed by atoms with Crippen molar-refractivity contribution in [3.8, 4) is 0 Å². The lowest BCUT2D eigenvalue weighted by molar-refractivity contribution is -0.131. The minimum absolute atomic E-state index is 0.0505. The van der Waals surface area contributed by atoms with Crippen LogP contribution in [0.2, 0.25) is 0 Å². The van der Waals surface area contributed by atoms with E-state index in [1.54, 1.807) is 0 Å². The van der Waals surface area contributed by atoms with Gasteiger partial charge in [0.25, 0.3) is 0 Å². The van der Waals surface area contributed by atoms with Gasteiger partial charge in [-0.2, -0.15) is 0 Å². The van der Waals surface area contributed by atoms with Gasteiger partial charge in [0.2, 0.25) is 23.6 Å². The van der Waals surface area contributed by atoms with Crippen LogP contribution in [0.1, 0.15) is 77.0 Å². The fourth-order valence-corrected chi connectivity index (χ4v) is 3.31. The summed E-state index contributed by atoms with van der Waals surface area (Å²) in [4.78, 5) is 51.7. The topological polar surface area (TPSA) is 217 Å². The number of nitrogens with one attached hydrogen (secondary N) is 4. The standard InChI is InChI=1S/C23H45N9O4/c24-13-5-1-3-7-15-27-20(33)12-11-19(31-21(34)10-9-17-30-32-26)23(36)29-18-22(35)28-16-8-4-2-6-14-25/h19H,1-18,24-25H2,(H,27,33)(H,28,35)(H,29,36)(H,31,34)/t19-/m1/s1. The summed E-state index contributed by atoms with van der Waals surface area (Å²) in [6, 6.07) is -0.962. The summed E-state index contributed by atoms with van der Waals surface area (Å²) in [7, 11) is 0. The lowest BCUT2D eigenvalue weighted by Crippen LogP contribution is -2.49. The molecular weight excluding hydrogens is 466 g/mol. The van der Waals surface area contributed by atoms with Gasteiger partial charge >= 0.3 is 0 Å². The van der Waals surface area contributed by atoms with Crippen LogP contribution >= 0.6 is 0 Å². The van der Waals surface area contributed by atoms with E-state index in [0.29, 0.717) is 32.6 Å². The molecule has 0 radical (unpaired) electrons. The summed E-state index contributed by atoms with van der Waals surface area (Å²) in [6.07, 6.45) is 8.11. The highest BCUT2D eigenvalue weighted by Gasteiger charge is 2.22. The Bertz CT molecular complexity index is 684. The third kappa shape index (κ3) is 20.5. The number of hydrogen-bond acceptors (Lipinski definition) is 7. The van der Waals surface area contributed by atoms with Crippen LogP contribution in [0.15, 0.2) is 5.11 Å². The van der Waals surface area contributed by atoms with Crippen LogP contribution in [0.4, 0.5) is 0 Å². The molecule has 0 heterocycles. The molecule has 8 N–H and O–H groups in total. The van der Waals surface area contributed by atoms with Crippen molar-refractivity contribution in [2.24, 2.45) is 16.6 Å². The Morgan fingerprint density at radius 2 is 1.31 bits per heavy atom. The fourth-order valence-electron chi connectivity index (χ4n) is 3.31. The lowest BCUT2D eigenvalue weighted by Gasteiger charge is -2.18. The third-order valence-corrected chi connectivity index (χ3v) is 5.37. The van der Waals surface area contributed by atoms with E-state index in [-0.39, 0.29) is 44.2 Å². The molecule has 36 heavy (non-hydrogen) atoms.